The Kier molecular flexibility index (Phi) is 4.90. The number of methoxy groups -OCH3 is 1. The van der Waals surface area contributed by atoms with Gasteiger partial charge in [0, 0.05) is 31.0 Å². The van der Waals surface area contributed by atoms with E-state index in [1.807, 2.05) is 13.8 Å². The summed E-state index contributed by atoms with van der Waals surface area (Å²) in [5.74, 6) is 0.615. The number of benzene rings is 1. The molecule has 1 aliphatic rings. The van der Waals surface area contributed by atoms with E-state index in [0.717, 1.165) is 0 Å². The summed E-state index contributed by atoms with van der Waals surface area (Å²) in [4.78, 5) is 26.8. The number of aromatic nitrogens is 1. The smallest absolute Gasteiger partial charge is 0.255 e. The molecular weight excluding hydrogens is 320 g/mol. The topological polar surface area (TPSA) is 60.8 Å². The Morgan fingerprint density at radius 2 is 1.72 bits per heavy atom. The second-order valence-corrected chi connectivity index (χ2v) is 6.29. The monoisotopic (exact) mass is 342 g/mol. The predicted octanol–water partition coefficient (Wildman–Crippen LogP) is 2.10. The normalized spacial score (nSPS) is 20.4. The molecule has 0 spiro atoms. The first-order valence-electron chi connectivity index (χ1n) is 8.30. The Balaban J connectivity index is 1.90. The molecule has 1 aromatic carbocycles. The van der Waals surface area contributed by atoms with Gasteiger partial charge in [-0.1, -0.05) is 0 Å². The van der Waals surface area contributed by atoms with Crippen LogP contribution in [0, 0.1) is 0 Å². The van der Waals surface area contributed by atoms with Crippen molar-refractivity contribution in [2.24, 2.45) is 0 Å². The first-order valence-corrected chi connectivity index (χ1v) is 8.30. The summed E-state index contributed by atoms with van der Waals surface area (Å²) in [7, 11) is 1.59. The fourth-order valence-corrected chi connectivity index (χ4v) is 3.08. The van der Waals surface area contributed by atoms with E-state index in [1.54, 1.807) is 48.5 Å². The summed E-state index contributed by atoms with van der Waals surface area (Å²) in [6.45, 7) is 5.00. The molecule has 0 N–H and O–H groups in total. The third-order valence-electron chi connectivity index (χ3n) is 4.22. The van der Waals surface area contributed by atoms with Crippen LogP contribution in [-0.2, 0) is 4.74 Å². The molecule has 0 bridgehead atoms. The van der Waals surface area contributed by atoms with Crippen molar-refractivity contribution < 1.29 is 14.3 Å². The number of rotatable bonds is 3. The minimum Gasteiger partial charge on any atom is -0.497 e. The molecule has 0 aliphatic carbocycles. The fraction of sp³-hybridized carbons (Fsp3) is 0.368. The number of carbonyl (C=O) groups excluding carboxylic acids is 1. The molecule has 6 nitrogen and oxygen atoms in total. The van der Waals surface area contributed by atoms with Crippen LogP contribution in [0.4, 0.5) is 0 Å². The van der Waals surface area contributed by atoms with Gasteiger partial charge in [0.2, 0.25) is 0 Å². The van der Waals surface area contributed by atoms with E-state index in [0.29, 0.717) is 30.1 Å². The third kappa shape index (κ3) is 3.74. The quantitative estimate of drug-likeness (QED) is 0.857. The molecule has 1 amide bonds. The van der Waals surface area contributed by atoms with Crippen LogP contribution >= 0.6 is 0 Å². The van der Waals surface area contributed by atoms with Crippen LogP contribution in [0.5, 0.6) is 5.75 Å². The predicted molar refractivity (Wildman–Crippen MR) is 94.5 cm³/mol. The standard InChI is InChI=1S/C19H22N2O4/c1-13-10-20(11-14(2)25-13)19(23)15-4-9-18(22)21(12-15)16-5-7-17(24-3)8-6-16/h4-9,12-14H,10-11H2,1-3H3/t13-,14-/m1/s1. The molecule has 0 unspecified atom stereocenters. The lowest BCUT2D eigenvalue weighted by Crippen LogP contribution is -2.48. The van der Waals surface area contributed by atoms with Crippen molar-refractivity contribution in [3.8, 4) is 11.4 Å². The van der Waals surface area contributed by atoms with Crippen molar-refractivity contribution in [3.05, 3.63) is 58.5 Å². The Bertz CT molecular complexity index is 803. The number of morpholine rings is 1. The zero-order valence-electron chi connectivity index (χ0n) is 14.6. The summed E-state index contributed by atoms with van der Waals surface area (Å²) in [5, 5.41) is 0. The Morgan fingerprint density at radius 1 is 1.08 bits per heavy atom. The molecule has 1 fully saturated rings. The van der Waals surface area contributed by atoms with Gasteiger partial charge in [0.25, 0.3) is 11.5 Å². The van der Waals surface area contributed by atoms with Gasteiger partial charge in [0.1, 0.15) is 5.75 Å². The minimum atomic E-state index is -0.189. The number of pyridine rings is 1. The molecule has 2 aromatic rings. The fourth-order valence-electron chi connectivity index (χ4n) is 3.08. The van der Waals surface area contributed by atoms with Crippen LogP contribution in [0.3, 0.4) is 0 Å². The lowest BCUT2D eigenvalue weighted by Gasteiger charge is -2.35. The van der Waals surface area contributed by atoms with Crippen molar-refractivity contribution in [1.82, 2.24) is 9.47 Å². The van der Waals surface area contributed by atoms with Crippen LogP contribution in [0.1, 0.15) is 24.2 Å². The van der Waals surface area contributed by atoms with E-state index < -0.39 is 0 Å². The van der Waals surface area contributed by atoms with Crippen LogP contribution in [0.25, 0.3) is 5.69 Å². The first kappa shape index (κ1) is 17.2. The SMILES string of the molecule is COc1ccc(-n2cc(C(=O)N3C[C@@H](C)O[C@H](C)C3)ccc2=O)cc1. The lowest BCUT2D eigenvalue weighted by molar-refractivity contribution is -0.0586. The van der Waals surface area contributed by atoms with E-state index in [-0.39, 0.29) is 23.7 Å². The molecule has 1 aliphatic heterocycles. The largest absolute Gasteiger partial charge is 0.497 e. The number of amides is 1. The summed E-state index contributed by atoms with van der Waals surface area (Å²) in [6, 6.07) is 10.1. The highest BCUT2D eigenvalue weighted by Crippen LogP contribution is 2.16. The van der Waals surface area contributed by atoms with Crippen molar-refractivity contribution >= 4 is 5.91 Å². The molecule has 6 heteroatoms. The van der Waals surface area contributed by atoms with Crippen LogP contribution in [0.2, 0.25) is 0 Å². The van der Waals surface area contributed by atoms with E-state index in [9.17, 15) is 9.59 Å². The zero-order chi connectivity index (χ0) is 18.0. The lowest BCUT2D eigenvalue weighted by atomic mass is 10.1. The number of hydrogen-bond acceptors (Lipinski definition) is 4. The Morgan fingerprint density at radius 3 is 2.32 bits per heavy atom. The van der Waals surface area contributed by atoms with E-state index in [4.69, 9.17) is 9.47 Å². The third-order valence-corrected chi connectivity index (χ3v) is 4.22. The highest BCUT2D eigenvalue weighted by molar-refractivity contribution is 5.94. The summed E-state index contributed by atoms with van der Waals surface area (Å²) >= 11 is 0. The average Bonchev–Trinajstić information content (AvgIpc) is 2.61. The highest BCUT2D eigenvalue weighted by atomic mass is 16.5. The van der Waals surface area contributed by atoms with Gasteiger partial charge in [-0.05, 0) is 44.2 Å². The molecule has 132 valence electrons. The molecule has 3 rings (SSSR count). The van der Waals surface area contributed by atoms with E-state index >= 15 is 0 Å². The van der Waals surface area contributed by atoms with Crippen molar-refractivity contribution in [2.75, 3.05) is 20.2 Å². The van der Waals surface area contributed by atoms with Crippen LogP contribution < -0.4 is 10.3 Å². The molecule has 1 aromatic heterocycles. The average molecular weight is 342 g/mol. The van der Waals surface area contributed by atoms with Gasteiger partial charge in [-0.2, -0.15) is 0 Å². The maximum absolute atomic E-state index is 12.8. The maximum atomic E-state index is 12.8. The van der Waals surface area contributed by atoms with Gasteiger partial charge in [0.05, 0.1) is 24.9 Å². The molecule has 2 heterocycles. The zero-order valence-corrected chi connectivity index (χ0v) is 14.6. The second-order valence-electron chi connectivity index (χ2n) is 6.29. The first-order chi connectivity index (χ1) is 12.0. The number of carbonyl (C=O) groups is 1. The van der Waals surface area contributed by atoms with Gasteiger partial charge in [-0.3, -0.25) is 14.2 Å². The summed E-state index contributed by atoms with van der Waals surface area (Å²) < 4.78 is 12.3. The Labute approximate surface area is 146 Å². The highest BCUT2D eigenvalue weighted by Gasteiger charge is 2.26. The summed E-state index contributed by atoms with van der Waals surface area (Å²) in [6.07, 6.45) is 1.59. The van der Waals surface area contributed by atoms with E-state index in [1.165, 1.54) is 10.6 Å². The second kappa shape index (κ2) is 7.11. The minimum absolute atomic E-state index is 0.000179. The maximum Gasteiger partial charge on any atom is 0.255 e. The molecule has 0 radical (unpaired) electrons. The van der Waals surface area contributed by atoms with Gasteiger partial charge in [0.15, 0.2) is 0 Å². The number of hydrogen-bond donors (Lipinski definition) is 0. The van der Waals surface area contributed by atoms with Crippen LogP contribution in [0.15, 0.2) is 47.4 Å². The van der Waals surface area contributed by atoms with Crippen LogP contribution in [-0.4, -0.2) is 47.8 Å². The van der Waals surface area contributed by atoms with Crippen molar-refractivity contribution in [1.29, 1.82) is 0 Å². The number of nitrogens with zero attached hydrogens (tertiary/aromatic N) is 2. The molecular formula is C19H22N2O4. The van der Waals surface area contributed by atoms with Crippen molar-refractivity contribution in [2.45, 2.75) is 26.1 Å². The molecule has 0 saturated carbocycles. The number of ether oxygens (including phenoxy) is 2. The van der Waals surface area contributed by atoms with E-state index in [2.05, 4.69) is 0 Å². The van der Waals surface area contributed by atoms with Gasteiger partial charge in [-0.25, -0.2) is 0 Å². The molecule has 2 atom stereocenters. The molecule has 1 saturated heterocycles. The van der Waals surface area contributed by atoms with Gasteiger partial charge >= 0.3 is 0 Å². The van der Waals surface area contributed by atoms with Gasteiger partial charge in [-0.15, -0.1) is 0 Å². The summed E-state index contributed by atoms with van der Waals surface area (Å²) in [5.41, 5.74) is 0.978. The molecule has 25 heavy (non-hydrogen) atoms. The van der Waals surface area contributed by atoms with Crippen molar-refractivity contribution in [3.63, 3.8) is 0 Å². The van der Waals surface area contributed by atoms with Gasteiger partial charge < -0.3 is 14.4 Å². The Hall–Kier alpha value is -2.60.